The molecular formula is C20H22ClFN4O2. The number of hydrogen-bond acceptors (Lipinski definition) is 4. The zero-order chi connectivity index (χ0) is 19.9. The number of amides is 2. The van der Waals surface area contributed by atoms with Gasteiger partial charge in [0.2, 0.25) is 0 Å². The van der Waals surface area contributed by atoms with Gasteiger partial charge in [-0.25, -0.2) is 4.39 Å². The molecule has 1 aliphatic rings. The largest absolute Gasteiger partial charge is 0.369 e. The van der Waals surface area contributed by atoms with Gasteiger partial charge >= 0.3 is 11.8 Å². The van der Waals surface area contributed by atoms with Crippen LogP contribution in [0.25, 0.3) is 0 Å². The number of nitrogens with zero attached hydrogens (tertiary/aromatic N) is 2. The predicted octanol–water partition coefficient (Wildman–Crippen LogP) is 2.36. The summed E-state index contributed by atoms with van der Waals surface area (Å²) in [6, 6.07) is 13.2. The monoisotopic (exact) mass is 404 g/mol. The van der Waals surface area contributed by atoms with E-state index in [1.54, 1.807) is 0 Å². The molecule has 148 valence electrons. The SMILES string of the molecule is O=C(NCCN1CCN(c2ccc(Cl)cc2)CC1)C(=O)Nc1cccc(F)c1. The molecule has 8 heteroatoms. The maximum Gasteiger partial charge on any atom is 0.313 e. The molecule has 2 aromatic rings. The zero-order valence-electron chi connectivity index (χ0n) is 15.3. The van der Waals surface area contributed by atoms with Crippen molar-refractivity contribution in [1.82, 2.24) is 10.2 Å². The first-order valence-corrected chi connectivity index (χ1v) is 9.47. The first-order chi connectivity index (χ1) is 13.5. The van der Waals surface area contributed by atoms with Gasteiger partial charge in [-0.1, -0.05) is 17.7 Å². The number of carbonyl (C=O) groups excluding carboxylic acids is 2. The van der Waals surface area contributed by atoms with Gasteiger partial charge in [-0.05, 0) is 42.5 Å². The number of halogens is 2. The molecule has 0 spiro atoms. The molecular weight excluding hydrogens is 383 g/mol. The molecule has 1 fully saturated rings. The topological polar surface area (TPSA) is 64.7 Å². The molecule has 0 saturated carbocycles. The average molecular weight is 405 g/mol. The molecule has 1 saturated heterocycles. The van der Waals surface area contributed by atoms with Crippen LogP contribution in [0.5, 0.6) is 0 Å². The fourth-order valence-corrected chi connectivity index (χ4v) is 3.17. The van der Waals surface area contributed by atoms with E-state index in [0.29, 0.717) is 13.1 Å². The van der Waals surface area contributed by atoms with Crippen LogP contribution in [0.4, 0.5) is 15.8 Å². The van der Waals surface area contributed by atoms with Gasteiger partial charge in [0.05, 0.1) is 0 Å². The maximum atomic E-state index is 13.1. The summed E-state index contributed by atoms with van der Waals surface area (Å²) in [5.74, 6) is -2.02. The van der Waals surface area contributed by atoms with E-state index in [0.717, 1.165) is 43.0 Å². The van der Waals surface area contributed by atoms with Gasteiger partial charge in [0.1, 0.15) is 5.82 Å². The molecule has 0 aromatic heterocycles. The second kappa shape index (κ2) is 9.52. The standard InChI is InChI=1S/C20H22ClFN4O2/c21-15-4-6-18(7-5-15)26-12-10-25(11-13-26)9-8-23-19(27)20(28)24-17-3-1-2-16(22)14-17/h1-7,14H,8-13H2,(H,23,27)(H,24,28). The van der Waals surface area contributed by atoms with Crippen molar-refractivity contribution in [2.24, 2.45) is 0 Å². The van der Waals surface area contributed by atoms with Crippen molar-refractivity contribution in [1.29, 1.82) is 0 Å². The van der Waals surface area contributed by atoms with Crippen molar-refractivity contribution in [3.63, 3.8) is 0 Å². The molecule has 0 bridgehead atoms. The number of hydrogen-bond donors (Lipinski definition) is 2. The molecule has 1 heterocycles. The number of benzene rings is 2. The number of nitrogens with one attached hydrogen (secondary N) is 2. The summed E-state index contributed by atoms with van der Waals surface area (Å²) in [5.41, 5.74) is 1.39. The van der Waals surface area contributed by atoms with E-state index in [4.69, 9.17) is 11.6 Å². The van der Waals surface area contributed by atoms with Gasteiger partial charge in [0.15, 0.2) is 0 Å². The summed E-state index contributed by atoms with van der Waals surface area (Å²) >= 11 is 5.92. The highest BCUT2D eigenvalue weighted by Crippen LogP contribution is 2.19. The van der Waals surface area contributed by atoms with Gasteiger partial charge in [-0.3, -0.25) is 14.5 Å². The summed E-state index contributed by atoms with van der Waals surface area (Å²) in [7, 11) is 0. The quantitative estimate of drug-likeness (QED) is 0.751. The third-order valence-corrected chi connectivity index (χ3v) is 4.82. The summed E-state index contributed by atoms with van der Waals surface area (Å²) in [4.78, 5) is 28.3. The highest BCUT2D eigenvalue weighted by Gasteiger charge is 2.18. The molecule has 0 unspecified atom stereocenters. The van der Waals surface area contributed by atoms with Gasteiger partial charge in [0.25, 0.3) is 0 Å². The van der Waals surface area contributed by atoms with Crippen molar-refractivity contribution in [2.45, 2.75) is 0 Å². The van der Waals surface area contributed by atoms with E-state index >= 15 is 0 Å². The van der Waals surface area contributed by atoms with Crippen LogP contribution in [0.15, 0.2) is 48.5 Å². The highest BCUT2D eigenvalue weighted by molar-refractivity contribution is 6.39. The fourth-order valence-electron chi connectivity index (χ4n) is 3.04. The molecule has 0 radical (unpaired) electrons. The first-order valence-electron chi connectivity index (χ1n) is 9.09. The van der Waals surface area contributed by atoms with Crippen LogP contribution >= 0.6 is 11.6 Å². The first kappa shape index (κ1) is 20.1. The maximum absolute atomic E-state index is 13.1. The Labute approximate surface area is 168 Å². The van der Waals surface area contributed by atoms with Crippen molar-refractivity contribution >= 4 is 34.8 Å². The van der Waals surface area contributed by atoms with Crippen LogP contribution in [-0.2, 0) is 9.59 Å². The number of piperazine rings is 1. The summed E-state index contributed by atoms with van der Waals surface area (Å²) in [6.07, 6.45) is 0. The van der Waals surface area contributed by atoms with Crippen LogP contribution in [0.1, 0.15) is 0 Å². The second-order valence-electron chi connectivity index (χ2n) is 6.53. The minimum Gasteiger partial charge on any atom is -0.369 e. The summed E-state index contributed by atoms with van der Waals surface area (Å²) < 4.78 is 13.1. The van der Waals surface area contributed by atoms with E-state index in [1.807, 2.05) is 24.3 Å². The summed E-state index contributed by atoms with van der Waals surface area (Å²) in [5, 5.41) is 5.70. The van der Waals surface area contributed by atoms with Crippen LogP contribution < -0.4 is 15.5 Å². The van der Waals surface area contributed by atoms with Gasteiger partial charge in [0, 0.05) is 55.7 Å². The zero-order valence-corrected chi connectivity index (χ0v) is 16.1. The Morgan fingerprint density at radius 2 is 1.71 bits per heavy atom. The fraction of sp³-hybridized carbons (Fsp3) is 0.300. The molecule has 1 aliphatic heterocycles. The normalized spacial score (nSPS) is 14.6. The molecule has 2 aromatic carbocycles. The molecule has 28 heavy (non-hydrogen) atoms. The lowest BCUT2D eigenvalue weighted by molar-refractivity contribution is -0.136. The average Bonchev–Trinajstić information content (AvgIpc) is 2.69. The Balaban J connectivity index is 1.36. The van der Waals surface area contributed by atoms with E-state index in [-0.39, 0.29) is 5.69 Å². The minimum absolute atomic E-state index is 0.249. The van der Waals surface area contributed by atoms with E-state index < -0.39 is 17.6 Å². The van der Waals surface area contributed by atoms with Crippen molar-refractivity contribution in [3.05, 3.63) is 59.4 Å². The van der Waals surface area contributed by atoms with E-state index in [2.05, 4.69) is 20.4 Å². The smallest absolute Gasteiger partial charge is 0.313 e. The Morgan fingerprint density at radius 3 is 2.39 bits per heavy atom. The number of carbonyl (C=O) groups is 2. The van der Waals surface area contributed by atoms with Crippen LogP contribution in [0.3, 0.4) is 0 Å². The van der Waals surface area contributed by atoms with Crippen molar-refractivity contribution < 1.29 is 14.0 Å². The van der Waals surface area contributed by atoms with Crippen LogP contribution in [0, 0.1) is 5.82 Å². The highest BCUT2D eigenvalue weighted by atomic mass is 35.5. The van der Waals surface area contributed by atoms with E-state index in [1.165, 1.54) is 18.2 Å². The Hall–Kier alpha value is -2.64. The molecule has 0 aliphatic carbocycles. The number of rotatable bonds is 5. The van der Waals surface area contributed by atoms with Gasteiger partial charge in [-0.2, -0.15) is 0 Å². The lowest BCUT2D eigenvalue weighted by Crippen LogP contribution is -2.49. The van der Waals surface area contributed by atoms with Crippen molar-refractivity contribution in [3.8, 4) is 0 Å². The third kappa shape index (κ3) is 5.68. The number of anilines is 2. The molecule has 6 nitrogen and oxygen atoms in total. The minimum atomic E-state index is -0.807. The van der Waals surface area contributed by atoms with Gasteiger partial charge < -0.3 is 15.5 Å². The van der Waals surface area contributed by atoms with Crippen LogP contribution in [-0.4, -0.2) is 56.0 Å². The second-order valence-corrected chi connectivity index (χ2v) is 6.96. The Kier molecular flexibility index (Phi) is 6.84. The molecule has 0 atom stereocenters. The lowest BCUT2D eigenvalue weighted by atomic mass is 10.2. The van der Waals surface area contributed by atoms with Crippen LogP contribution in [0.2, 0.25) is 5.02 Å². The summed E-state index contributed by atoms with van der Waals surface area (Å²) in [6.45, 7) is 4.54. The molecule has 2 N–H and O–H groups in total. The molecule has 2 amide bonds. The molecule has 3 rings (SSSR count). The Morgan fingerprint density at radius 1 is 1.00 bits per heavy atom. The van der Waals surface area contributed by atoms with E-state index in [9.17, 15) is 14.0 Å². The van der Waals surface area contributed by atoms with Crippen molar-refractivity contribution in [2.75, 3.05) is 49.5 Å². The Bertz CT molecular complexity index is 823. The van der Waals surface area contributed by atoms with Gasteiger partial charge in [-0.15, -0.1) is 0 Å². The third-order valence-electron chi connectivity index (χ3n) is 4.57. The lowest BCUT2D eigenvalue weighted by Gasteiger charge is -2.36. The predicted molar refractivity (Wildman–Crippen MR) is 108 cm³/mol.